The summed E-state index contributed by atoms with van der Waals surface area (Å²) in [7, 11) is 0. The molecule has 32 heavy (non-hydrogen) atoms. The van der Waals surface area contributed by atoms with Gasteiger partial charge in [0.2, 0.25) is 0 Å². The molecule has 0 aromatic heterocycles. The minimum Gasteiger partial charge on any atom is -0.515 e. The topological polar surface area (TPSA) is 65.0 Å². The fourth-order valence-corrected chi connectivity index (χ4v) is 6.09. The zero-order chi connectivity index (χ0) is 22.2. The molecule has 3 fully saturated rings. The summed E-state index contributed by atoms with van der Waals surface area (Å²) >= 11 is 0. The van der Waals surface area contributed by atoms with Gasteiger partial charge in [-0.2, -0.15) is 0 Å². The predicted octanol–water partition coefficient (Wildman–Crippen LogP) is 5.10. The van der Waals surface area contributed by atoms with E-state index in [2.05, 4.69) is 6.92 Å². The van der Waals surface area contributed by atoms with Crippen molar-refractivity contribution >= 4 is 5.78 Å². The highest BCUT2D eigenvalue weighted by Crippen LogP contribution is 2.58. The Morgan fingerprint density at radius 1 is 1.06 bits per heavy atom. The molecule has 0 unspecified atom stereocenters. The van der Waals surface area contributed by atoms with Crippen molar-refractivity contribution < 1.29 is 24.1 Å². The van der Waals surface area contributed by atoms with E-state index in [1.807, 2.05) is 54.6 Å². The smallest absolute Gasteiger partial charge is 0.172 e. The van der Waals surface area contributed by atoms with Crippen molar-refractivity contribution in [2.75, 3.05) is 13.2 Å². The highest BCUT2D eigenvalue weighted by Gasteiger charge is 2.61. The number of benzene rings is 2. The predicted molar refractivity (Wildman–Crippen MR) is 120 cm³/mol. The summed E-state index contributed by atoms with van der Waals surface area (Å²) in [6, 6.07) is 18.0. The SMILES string of the molecule is C[C@H]1[C@@H]2CC/C(=C/O)C(=O)[C@@]2(c2ccc(OCc3ccccc3)cc2)CCC12OCCO2. The third-order valence-electron chi connectivity index (χ3n) is 7.77. The Balaban J connectivity index is 1.45. The van der Waals surface area contributed by atoms with Crippen LogP contribution in [0.15, 0.2) is 66.4 Å². The molecule has 2 saturated carbocycles. The molecule has 0 radical (unpaired) electrons. The van der Waals surface area contributed by atoms with Crippen LogP contribution in [0.25, 0.3) is 0 Å². The number of carbonyl (C=O) groups is 1. The van der Waals surface area contributed by atoms with Crippen LogP contribution in [0.2, 0.25) is 0 Å². The molecule has 3 atom stereocenters. The number of aliphatic hydroxyl groups is 1. The average Bonchev–Trinajstić information content (AvgIpc) is 3.32. The van der Waals surface area contributed by atoms with E-state index in [1.54, 1.807) is 0 Å². The van der Waals surface area contributed by atoms with Gasteiger partial charge in [-0.15, -0.1) is 0 Å². The van der Waals surface area contributed by atoms with Crippen molar-refractivity contribution in [3.8, 4) is 5.75 Å². The van der Waals surface area contributed by atoms with E-state index in [-0.39, 0.29) is 17.6 Å². The number of fused-ring (bicyclic) bond motifs is 1. The molecule has 1 aliphatic heterocycles. The summed E-state index contributed by atoms with van der Waals surface area (Å²) in [6.07, 6.45) is 3.72. The summed E-state index contributed by atoms with van der Waals surface area (Å²) in [5.74, 6) is 0.384. The van der Waals surface area contributed by atoms with E-state index in [9.17, 15) is 9.90 Å². The fourth-order valence-electron chi connectivity index (χ4n) is 6.09. The van der Waals surface area contributed by atoms with Crippen molar-refractivity contribution in [2.45, 2.75) is 50.4 Å². The zero-order valence-electron chi connectivity index (χ0n) is 18.5. The molecular formula is C27H30O5. The van der Waals surface area contributed by atoms with Crippen molar-refractivity contribution in [2.24, 2.45) is 11.8 Å². The van der Waals surface area contributed by atoms with Crippen LogP contribution in [0.3, 0.4) is 0 Å². The van der Waals surface area contributed by atoms with Crippen LogP contribution in [0.5, 0.6) is 5.75 Å². The zero-order valence-corrected chi connectivity index (χ0v) is 18.5. The molecule has 1 heterocycles. The molecule has 2 aromatic carbocycles. The van der Waals surface area contributed by atoms with Crippen LogP contribution in [-0.4, -0.2) is 29.9 Å². The van der Waals surface area contributed by atoms with E-state index in [4.69, 9.17) is 14.2 Å². The summed E-state index contributed by atoms with van der Waals surface area (Å²) < 4.78 is 18.1. The fraction of sp³-hybridized carbons (Fsp3) is 0.444. The second-order valence-corrected chi connectivity index (χ2v) is 9.20. The lowest BCUT2D eigenvalue weighted by atomic mass is 9.51. The molecule has 1 N–H and O–H groups in total. The molecule has 1 saturated heterocycles. The summed E-state index contributed by atoms with van der Waals surface area (Å²) in [6.45, 7) is 3.86. The number of hydrogen-bond acceptors (Lipinski definition) is 5. The van der Waals surface area contributed by atoms with E-state index in [0.717, 1.165) is 29.6 Å². The number of hydrogen-bond donors (Lipinski definition) is 1. The molecule has 2 aromatic rings. The molecular weight excluding hydrogens is 404 g/mol. The molecule has 2 aliphatic carbocycles. The Morgan fingerprint density at radius 2 is 1.78 bits per heavy atom. The Labute approximate surface area is 189 Å². The number of aliphatic hydroxyl groups excluding tert-OH is 1. The quantitative estimate of drug-likeness (QED) is 0.536. The normalized spacial score (nSPS) is 30.4. The van der Waals surface area contributed by atoms with Crippen molar-refractivity contribution in [3.05, 3.63) is 77.6 Å². The average molecular weight is 435 g/mol. The van der Waals surface area contributed by atoms with Gasteiger partial charge in [0.1, 0.15) is 12.4 Å². The maximum absolute atomic E-state index is 13.7. The number of rotatable bonds is 4. The molecule has 5 rings (SSSR count). The van der Waals surface area contributed by atoms with Gasteiger partial charge in [-0.3, -0.25) is 4.79 Å². The van der Waals surface area contributed by atoms with Gasteiger partial charge < -0.3 is 19.3 Å². The van der Waals surface area contributed by atoms with Gasteiger partial charge in [-0.25, -0.2) is 0 Å². The third kappa shape index (κ3) is 3.35. The number of ether oxygens (including phenoxy) is 3. The van der Waals surface area contributed by atoms with Crippen molar-refractivity contribution in [3.63, 3.8) is 0 Å². The van der Waals surface area contributed by atoms with Crippen LogP contribution in [0.4, 0.5) is 0 Å². The monoisotopic (exact) mass is 434 g/mol. The van der Waals surface area contributed by atoms with E-state index < -0.39 is 11.2 Å². The maximum atomic E-state index is 13.7. The molecule has 5 heteroatoms. The summed E-state index contributed by atoms with van der Waals surface area (Å²) in [4.78, 5) is 13.7. The largest absolute Gasteiger partial charge is 0.515 e. The van der Waals surface area contributed by atoms with Gasteiger partial charge in [0.25, 0.3) is 0 Å². The van der Waals surface area contributed by atoms with Gasteiger partial charge in [-0.05, 0) is 48.4 Å². The maximum Gasteiger partial charge on any atom is 0.172 e. The number of Topliss-reactive ketones (excluding diaryl/α,β-unsaturated/α-hetero) is 1. The Morgan fingerprint density at radius 3 is 2.47 bits per heavy atom. The molecule has 0 bridgehead atoms. The number of carbonyl (C=O) groups excluding carboxylic acids is 1. The second-order valence-electron chi connectivity index (χ2n) is 9.20. The summed E-state index contributed by atoms with van der Waals surface area (Å²) in [5, 5.41) is 9.75. The summed E-state index contributed by atoms with van der Waals surface area (Å²) in [5.41, 5.74) is 1.93. The third-order valence-corrected chi connectivity index (χ3v) is 7.77. The van der Waals surface area contributed by atoms with Gasteiger partial charge in [0.15, 0.2) is 11.6 Å². The van der Waals surface area contributed by atoms with Crippen LogP contribution < -0.4 is 4.74 Å². The number of ketones is 1. The standard InChI is InChI=1S/C27H30O5/c1-19-24-12-7-21(17-28)25(29)26(24,13-14-27(19)31-15-16-32-27)22-8-10-23(11-9-22)30-18-20-5-3-2-4-6-20/h2-6,8-11,17,19,24,28H,7,12-16,18H2,1H3/b21-17-/t19-,24-,26+/m0/s1. The second kappa shape index (κ2) is 8.38. The van der Waals surface area contributed by atoms with Gasteiger partial charge in [0, 0.05) is 17.9 Å². The molecule has 168 valence electrons. The first-order valence-electron chi connectivity index (χ1n) is 11.5. The lowest BCUT2D eigenvalue weighted by Crippen LogP contribution is -2.59. The first-order valence-corrected chi connectivity index (χ1v) is 11.5. The van der Waals surface area contributed by atoms with Crippen molar-refractivity contribution in [1.29, 1.82) is 0 Å². The lowest BCUT2D eigenvalue weighted by molar-refractivity contribution is -0.234. The van der Waals surface area contributed by atoms with Crippen LogP contribution in [-0.2, 0) is 26.3 Å². The van der Waals surface area contributed by atoms with Gasteiger partial charge in [-0.1, -0.05) is 49.4 Å². The molecule has 1 spiro atoms. The Bertz CT molecular complexity index is 990. The lowest BCUT2D eigenvalue weighted by Gasteiger charge is -2.55. The van der Waals surface area contributed by atoms with Gasteiger partial charge in [0.05, 0.1) is 24.9 Å². The molecule has 3 aliphatic rings. The Kier molecular flexibility index (Phi) is 5.56. The minimum atomic E-state index is -0.676. The Hall–Kier alpha value is -2.63. The van der Waals surface area contributed by atoms with E-state index >= 15 is 0 Å². The van der Waals surface area contributed by atoms with Gasteiger partial charge >= 0.3 is 0 Å². The van der Waals surface area contributed by atoms with Crippen LogP contribution >= 0.6 is 0 Å². The van der Waals surface area contributed by atoms with E-state index in [0.29, 0.717) is 44.7 Å². The molecule has 5 nitrogen and oxygen atoms in total. The van der Waals surface area contributed by atoms with Crippen LogP contribution in [0.1, 0.15) is 43.7 Å². The highest BCUT2D eigenvalue weighted by molar-refractivity contribution is 6.04. The first kappa shape index (κ1) is 21.2. The molecule has 0 amide bonds. The van der Waals surface area contributed by atoms with Crippen LogP contribution in [0, 0.1) is 11.8 Å². The number of allylic oxidation sites excluding steroid dienone is 1. The van der Waals surface area contributed by atoms with E-state index in [1.165, 1.54) is 0 Å². The van der Waals surface area contributed by atoms with Crippen molar-refractivity contribution in [1.82, 2.24) is 0 Å². The minimum absolute atomic E-state index is 0.0360. The first-order chi connectivity index (χ1) is 15.6. The highest BCUT2D eigenvalue weighted by atomic mass is 16.7.